The van der Waals surface area contributed by atoms with Gasteiger partial charge in [-0.25, -0.2) is 8.42 Å². The molecule has 1 unspecified atom stereocenters. The zero-order valence-corrected chi connectivity index (χ0v) is 13.3. The van der Waals surface area contributed by atoms with Crippen LogP contribution >= 0.6 is 22.9 Å². The van der Waals surface area contributed by atoms with Crippen molar-refractivity contribution in [2.24, 2.45) is 5.92 Å². The molecule has 0 spiro atoms. The van der Waals surface area contributed by atoms with Gasteiger partial charge in [0.15, 0.2) is 9.84 Å². The smallest absolute Gasteiger partial charge is 0.154 e. The molecule has 18 heavy (non-hydrogen) atoms. The van der Waals surface area contributed by atoms with Crippen LogP contribution in [-0.2, 0) is 16.4 Å². The average molecular weight is 310 g/mol. The minimum Gasteiger partial charge on any atom is -0.311 e. The van der Waals surface area contributed by atoms with Crippen LogP contribution in [0.5, 0.6) is 0 Å². The van der Waals surface area contributed by atoms with Crippen LogP contribution in [0.3, 0.4) is 0 Å². The topological polar surface area (TPSA) is 46.2 Å². The Morgan fingerprint density at radius 3 is 2.50 bits per heavy atom. The minimum atomic E-state index is -2.99. The Morgan fingerprint density at radius 2 is 2.00 bits per heavy atom. The number of halogens is 1. The Bertz CT molecular complexity index is 468. The quantitative estimate of drug-likeness (QED) is 0.788. The predicted molar refractivity (Wildman–Crippen MR) is 79.1 cm³/mol. The van der Waals surface area contributed by atoms with Crippen molar-refractivity contribution in [2.45, 2.75) is 32.6 Å². The Morgan fingerprint density at radius 1 is 1.33 bits per heavy atom. The molecule has 0 saturated carbocycles. The second-order valence-corrected chi connectivity index (χ2v) is 8.98. The van der Waals surface area contributed by atoms with E-state index >= 15 is 0 Å². The van der Waals surface area contributed by atoms with E-state index in [1.54, 1.807) is 6.92 Å². The van der Waals surface area contributed by atoms with E-state index in [0.717, 1.165) is 9.21 Å². The second-order valence-electron chi connectivity index (χ2n) is 4.70. The van der Waals surface area contributed by atoms with Crippen LogP contribution in [0.25, 0.3) is 0 Å². The maximum absolute atomic E-state index is 11.9. The van der Waals surface area contributed by atoms with Crippen molar-refractivity contribution in [1.82, 2.24) is 5.32 Å². The van der Waals surface area contributed by atoms with E-state index in [0.29, 0.717) is 13.1 Å². The molecule has 1 atom stereocenters. The van der Waals surface area contributed by atoms with Gasteiger partial charge in [-0.2, -0.15) is 0 Å². The van der Waals surface area contributed by atoms with Crippen molar-refractivity contribution in [3.63, 3.8) is 0 Å². The summed E-state index contributed by atoms with van der Waals surface area (Å²) >= 11 is 7.33. The fourth-order valence-corrected chi connectivity index (χ4v) is 4.16. The summed E-state index contributed by atoms with van der Waals surface area (Å²) in [4.78, 5) is 1.12. The standard InChI is InChI=1S/C12H20ClNO2S2/c1-9(2)10(3)18(15,16)7-6-14-8-11-4-5-12(13)17-11/h4-5,9-10,14H,6-8H2,1-3H3. The lowest BCUT2D eigenvalue weighted by molar-refractivity contribution is 0.543. The van der Waals surface area contributed by atoms with Gasteiger partial charge in [0.25, 0.3) is 0 Å². The second kappa shape index (κ2) is 6.89. The summed E-state index contributed by atoms with van der Waals surface area (Å²) in [5, 5.41) is 2.86. The van der Waals surface area contributed by atoms with Crippen molar-refractivity contribution >= 4 is 32.8 Å². The average Bonchev–Trinajstić information content (AvgIpc) is 2.69. The first kappa shape index (κ1) is 16.0. The van der Waals surface area contributed by atoms with Gasteiger partial charge >= 0.3 is 0 Å². The van der Waals surface area contributed by atoms with Crippen LogP contribution in [0.15, 0.2) is 12.1 Å². The molecule has 104 valence electrons. The van der Waals surface area contributed by atoms with Crippen molar-refractivity contribution in [3.05, 3.63) is 21.3 Å². The molecule has 0 aliphatic rings. The Kier molecular flexibility index (Phi) is 6.11. The minimum absolute atomic E-state index is 0.158. The van der Waals surface area contributed by atoms with Crippen LogP contribution in [0.1, 0.15) is 25.6 Å². The number of hydrogen-bond donors (Lipinski definition) is 1. The summed E-state index contributed by atoms with van der Waals surface area (Å²) < 4.78 is 24.6. The fourth-order valence-electron chi connectivity index (χ4n) is 1.47. The number of nitrogens with one attached hydrogen (secondary N) is 1. The van der Waals surface area contributed by atoms with E-state index in [9.17, 15) is 8.42 Å². The molecule has 0 fully saturated rings. The third-order valence-corrected chi connectivity index (χ3v) is 6.68. The molecule has 0 aromatic carbocycles. The van der Waals surface area contributed by atoms with E-state index in [4.69, 9.17) is 11.6 Å². The molecular formula is C12H20ClNO2S2. The van der Waals surface area contributed by atoms with E-state index in [-0.39, 0.29) is 16.9 Å². The first-order valence-electron chi connectivity index (χ1n) is 5.99. The maximum atomic E-state index is 11.9. The molecule has 0 saturated heterocycles. The van der Waals surface area contributed by atoms with Crippen LogP contribution in [0.4, 0.5) is 0 Å². The molecule has 6 heteroatoms. The van der Waals surface area contributed by atoms with Gasteiger partial charge in [0.05, 0.1) is 15.3 Å². The lowest BCUT2D eigenvalue weighted by atomic mass is 10.2. The monoisotopic (exact) mass is 309 g/mol. The molecular weight excluding hydrogens is 290 g/mol. The normalized spacial score (nSPS) is 14.1. The highest BCUT2D eigenvalue weighted by molar-refractivity contribution is 7.92. The first-order valence-corrected chi connectivity index (χ1v) is 8.90. The van der Waals surface area contributed by atoms with Crippen LogP contribution in [0.2, 0.25) is 4.34 Å². The predicted octanol–water partition coefficient (Wildman–Crippen LogP) is 2.95. The summed E-state index contributed by atoms with van der Waals surface area (Å²) in [6.07, 6.45) is 0. The SMILES string of the molecule is CC(C)C(C)S(=O)(=O)CCNCc1ccc(Cl)s1. The third-order valence-electron chi connectivity index (χ3n) is 3.00. The van der Waals surface area contributed by atoms with Gasteiger partial charge in [-0.1, -0.05) is 25.4 Å². The van der Waals surface area contributed by atoms with Gasteiger partial charge in [-0.3, -0.25) is 0 Å². The lowest BCUT2D eigenvalue weighted by Gasteiger charge is -2.16. The summed E-state index contributed by atoms with van der Waals surface area (Å²) in [6, 6.07) is 3.80. The zero-order chi connectivity index (χ0) is 13.8. The van der Waals surface area contributed by atoms with E-state index < -0.39 is 9.84 Å². The summed E-state index contributed by atoms with van der Waals surface area (Å²) in [7, 11) is -2.99. The molecule has 0 radical (unpaired) electrons. The van der Waals surface area contributed by atoms with Crippen molar-refractivity contribution < 1.29 is 8.42 Å². The lowest BCUT2D eigenvalue weighted by Crippen LogP contribution is -2.31. The van der Waals surface area contributed by atoms with Crippen molar-refractivity contribution in [3.8, 4) is 0 Å². The molecule has 1 rings (SSSR count). The Balaban J connectivity index is 2.33. The van der Waals surface area contributed by atoms with Crippen molar-refractivity contribution in [1.29, 1.82) is 0 Å². The molecule has 3 nitrogen and oxygen atoms in total. The van der Waals surface area contributed by atoms with E-state index in [2.05, 4.69) is 5.32 Å². The summed E-state index contributed by atoms with van der Waals surface area (Å²) in [5.41, 5.74) is 0. The van der Waals surface area contributed by atoms with Crippen molar-refractivity contribution in [2.75, 3.05) is 12.3 Å². The molecule has 1 aromatic rings. The fraction of sp³-hybridized carbons (Fsp3) is 0.667. The first-order chi connectivity index (χ1) is 8.33. The van der Waals surface area contributed by atoms with Crippen LogP contribution < -0.4 is 5.32 Å². The van der Waals surface area contributed by atoms with Gasteiger partial charge in [0.1, 0.15) is 0 Å². The van der Waals surface area contributed by atoms with Gasteiger partial charge < -0.3 is 5.32 Å². The largest absolute Gasteiger partial charge is 0.311 e. The van der Waals surface area contributed by atoms with Gasteiger partial charge in [0, 0.05) is 18.0 Å². The highest BCUT2D eigenvalue weighted by atomic mass is 35.5. The van der Waals surface area contributed by atoms with E-state index in [1.807, 2.05) is 26.0 Å². The van der Waals surface area contributed by atoms with Crippen LogP contribution in [0, 0.1) is 5.92 Å². The zero-order valence-electron chi connectivity index (χ0n) is 10.9. The summed E-state index contributed by atoms with van der Waals surface area (Å²) in [6.45, 7) is 6.80. The number of sulfone groups is 1. The maximum Gasteiger partial charge on any atom is 0.154 e. The highest BCUT2D eigenvalue weighted by Crippen LogP contribution is 2.21. The molecule has 1 heterocycles. The van der Waals surface area contributed by atoms with Gasteiger partial charge in [0.2, 0.25) is 0 Å². The summed E-state index contributed by atoms with van der Waals surface area (Å²) in [5.74, 6) is 0.344. The number of rotatable bonds is 7. The number of hydrogen-bond acceptors (Lipinski definition) is 4. The molecule has 0 aliphatic carbocycles. The Labute approximate surface area is 118 Å². The molecule has 0 aliphatic heterocycles. The Hall–Kier alpha value is -0.100. The molecule has 1 aromatic heterocycles. The van der Waals surface area contributed by atoms with E-state index in [1.165, 1.54) is 11.3 Å². The van der Waals surface area contributed by atoms with Crippen LogP contribution in [-0.4, -0.2) is 26.0 Å². The molecule has 0 amide bonds. The highest BCUT2D eigenvalue weighted by Gasteiger charge is 2.22. The van der Waals surface area contributed by atoms with Gasteiger partial charge in [-0.05, 0) is 25.0 Å². The van der Waals surface area contributed by atoms with Gasteiger partial charge in [-0.15, -0.1) is 11.3 Å². The molecule has 1 N–H and O–H groups in total. The number of thiophene rings is 1. The molecule has 0 bridgehead atoms. The third kappa shape index (κ3) is 4.88.